The molecule has 0 bridgehead atoms. The fourth-order valence-electron chi connectivity index (χ4n) is 3.76. The minimum Gasteiger partial charge on any atom is -0.358 e. The summed E-state index contributed by atoms with van der Waals surface area (Å²) < 4.78 is 0. The SMILES string of the molecule is CNC(=O)[C@H](Cc1ccccc1)N[C@@H]1C(CC(=O)NO)[C@]1(C)C(C)C. The van der Waals surface area contributed by atoms with Crippen LogP contribution < -0.4 is 16.1 Å². The summed E-state index contributed by atoms with van der Waals surface area (Å²) in [6, 6.07) is 9.56. The van der Waals surface area contributed by atoms with Gasteiger partial charge < -0.3 is 10.6 Å². The first-order chi connectivity index (χ1) is 11.8. The number of likely N-dealkylation sites (N-methyl/N-ethyl adjacent to an activating group) is 1. The predicted octanol–water partition coefficient (Wildman–Crippen LogP) is 1.49. The summed E-state index contributed by atoms with van der Waals surface area (Å²) in [4.78, 5) is 24.0. The standard InChI is InChI=1S/C19H29N3O3/c1-12(2)19(3)14(11-16(23)22-25)17(19)21-15(18(24)20-4)10-13-8-6-5-7-9-13/h5-9,12,14-15,17,21,25H,10-11H2,1-4H3,(H,20,24)(H,22,23)/t14?,15-,17+,19-/m0/s1. The minimum absolute atomic E-state index is 0.0517. The van der Waals surface area contributed by atoms with Gasteiger partial charge in [0.15, 0.2) is 0 Å². The highest BCUT2D eigenvalue weighted by Crippen LogP contribution is 2.59. The first-order valence-corrected chi connectivity index (χ1v) is 8.79. The normalized spacial score (nSPS) is 26.2. The third-order valence-electron chi connectivity index (χ3n) is 5.76. The quantitative estimate of drug-likeness (QED) is 0.424. The van der Waals surface area contributed by atoms with Gasteiger partial charge in [-0.05, 0) is 29.2 Å². The smallest absolute Gasteiger partial charge is 0.243 e. The second-order valence-corrected chi connectivity index (χ2v) is 7.37. The van der Waals surface area contributed by atoms with E-state index in [2.05, 4.69) is 31.4 Å². The molecule has 1 saturated carbocycles. The van der Waals surface area contributed by atoms with Crippen molar-refractivity contribution in [3.63, 3.8) is 0 Å². The summed E-state index contributed by atoms with van der Waals surface area (Å²) in [5.41, 5.74) is 2.71. The van der Waals surface area contributed by atoms with Gasteiger partial charge in [0.25, 0.3) is 0 Å². The second kappa shape index (κ2) is 7.97. The Hall–Kier alpha value is -1.92. The van der Waals surface area contributed by atoms with Crippen LogP contribution in [0.1, 0.15) is 32.8 Å². The van der Waals surface area contributed by atoms with Crippen molar-refractivity contribution < 1.29 is 14.8 Å². The lowest BCUT2D eigenvalue weighted by Crippen LogP contribution is -2.47. The molecule has 1 aliphatic rings. The maximum Gasteiger partial charge on any atom is 0.243 e. The fourth-order valence-corrected chi connectivity index (χ4v) is 3.76. The lowest BCUT2D eigenvalue weighted by molar-refractivity contribution is -0.129. The van der Waals surface area contributed by atoms with E-state index in [4.69, 9.17) is 5.21 Å². The Kier molecular flexibility index (Phi) is 6.19. The highest BCUT2D eigenvalue weighted by Gasteiger charge is 2.63. The number of carbonyl (C=O) groups excluding carboxylic acids is 2. The molecule has 138 valence electrons. The number of nitrogens with one attached hydrogen (secondary N) is 3. The van der Waals surface area contributed by atoms with E-state index in [1.54, 1.807) is 12.5 Å². The zero-order valence-corrected chi connectivity index (χ0v) is 15.4. The van der Waals surface area contributed by atoms with Crippen LogP contribution in [0.3, 0.4) is 0 Å². The molecular formula is C19H29N3O3. The minimum atomic E-state index is -0.388. The zero-order valence-electron chi connectivity index (χ0n) is 15.4. The number of hydrogen-bond donors (Lipinski definition) is 4. The van der Waals surface area contributed by atoms with Gasteiger partial charge in [0, 0.05) is 19.5 Å². The van der Waals surface area contributed by atoms with E-state index in [0.29, 0.717) is 12.3 Å². The summed E-state index contributed by atoms with van der Waals surface area (Å²) in [5.74, 6) is -0.0147. The molecule has 0 aliphatic heterocycles. The zero-order chi connectivity index (χ0) is 18.6. The molecule has 4 atom stereocenters. The molecule has 25 heavy (non-hydrogen) atoms. The van der Waals surface area contributed by atoms with E-state index >= 15 is 0 Å². The van der Waals surface area contributed by atoms with Crippen molar-refractivity contribution in [3.8, 4) is 0 Å². The Bertz CT molecular complexity index is 605. The second-order valence-electron chi connectivity index (χ2n) is 7.37. The van der Waals surface area contributed by atoms with Crippen LogP contribution >= 0.6 is 0 Å². The van der Waals surface area contributed by atoms with Gasteiger partial charge >= 0.3 is 0 Å². The molecule has 2 amide bonds. The Balaban J connectivity index is 2.13. The molecule has 1 fully saturated rings. The maximum absolute atomic E-state index is 12.4. The lowest BCUT2D eigenvalue weighted by atomic mass is 9.90. The lowest BCUT2D eigenvalue weighted by Gasteiger charge is -2.21. The van der Waals surface area contributed by atoms with Crippen LogP contribution in [0.2, 0.25) is 0 Å². The van der Waals surface area contributed by atoms with Crippen molar-refractivity contribution in [3.05, 3.63) is 35.9 Å². The van der Waals surface area contributed by atoms with Crippen molar-refractivity contribution in [2.75, 3.05) is 7.05 Å². The van der Waals surface area contributed by atoms with Crippen LogP contribution in [0, 0.1) is 17.3 Å². The number of benzene rings is 1. The predicted molar refractivity (Wildman–Crippen MR) is 95.9 cm³/mol. The molecule has 6 nitrogen and oxygen atoms in total. The molecule has 0 saturated heterocycles. The van der Waals surface area contributed by atoms with E-state index < -0.39 is 0 Å². The van der Waals surface area contributed by atoms with Crippen molar-refractivity contribution in [1.82, 2.24) is 16.1 Å². The van der Waals surface area contributed by atoms with Crippen LogP contribution in [0.4, 0.5) is 0 Å². The van der Waals surface area contributed by atoms with Crippen LogP contribution in [0.25, 0.3) is 0 Å². The number of hydrogen-bond acceptors (Lipinski definition) is 4. The van der Waals surface area contributed by atoms with Gasteiger partial charge in [-0.3, -0.25) is 14.8 Å². The van der Waals surface area contributed by atoms with Crippen molar-refractivity contribution in [1.29, 1.82) is 0 Å². The van der Waals surface area contributed by atoms with Crippen molar-refractivity contribution >= 4 is 11.8 Å². The van der Waals surface area contributed by atoms with Crippen LogP contribution in [0.5, 0.6) is 0 Å². The Morgan fingerprint density at radius 2 is 1.88 bits per heavy atom. The molecule has 0 radical (unpaired) electrons. The average molecular weight is 347 g/mol. The fraction of sp³-hybridized carbons (Fsp3) is 0.579. The molecule has 0 spiro atoms. The molecule has 4 N–H and O–H groups in total. The summed E-state index contributed by atoms with van der Waals surface area (Å²) >= 11 is 0. The first-order valence-electron chi connectivity index (χ1n) is 8.79. The van der Waals surface area contributed by atoms with Gasteiger partial charge in [-0.2, -0.15) is 0 Å². The van der Waals surface area contributed by atoms with Crippen LogP contribution in [0.15, 0.2) is 30.3 Å². The van der Waals surface area contributed by atoms with E-state index in [0.717, 1.165) is 5.56 Å². The molecule has 0 aromatic heterocycles. The Morgan fingerprint density at radius 1 is 1.24 bits per heavy atom. The number of rotatable bonds is 8. The maximum atomic E-state index is 12.4. The largest absolute Gasteiger partial charge is 0.358 e. The summed E-state index contributed by atoms with van der Waals surface area (Å²) in [6.45, 7) is 6.38. The highest BCUT2D eigenvalue weighted by molar-refractivity contribution is 5.82. The van der Waals surface area contributed by atoms with E-state index in [1.807, 2.05) is 30.3 Å². The average Bonchev–Trinajstić information content (AvgIpc) is 3.18. The number of hydroxylamine groups is 1. The first kappa shape index (κ1) is 19.4. The van der Waals surface area contributed by atoms with Crippen molar-refractivity contribution in [2.24, 2.45) is 17.3 Å². The summed E-state index contributed by atoms with van der Waals surface area (Å²) in [6.07, 6.45) is 0.832. The van der Waals surface area contributed by atoms with Crippen LogP contribution in [-0.2, 0) is 16.0 Å². The number of carbonyl (C=O) groups is 2. The van der Waals surface area contributed by atoms with Gasteiger partial charge in [-0.1, -0.05) is 51.1 Å². The van der Waals surface area contributed by atoms with Crippen molar-refractivity contribution in [2.45, 2.75) is 45.7 Å². The van der Waals surface area contributed by atoms with Gasteiger partial charge in [-0.25, -0.2) is 5.48 Å². The molecule has 1 unspecified atom stereocenters. The Morgan fingerprint density at radius 3 is 2.40 bits per heavy atom. The third kappa shape index (κ3) is 4.19. The van der Waals surface area contributed by atoms with Gasteiger partial charge in [0.1, 0.15) is 0 Å². The summed E-state index contributed by atoms with van der Waals surface area (Å²) in [7, 11) is 1.63. The van der Waals surface area contributed by atoms with Gasteiger partial charge in [0.2, 0.25) is 11.8 Å². The van der Waals surface area contributed by atoms with Gasteiger partial charge in [-0.15, -0.1) is 0 Å². The van der Waals surface area contributed by atoms with E-state index in [9.17, 15) is 9.59 Å². The third-order valence-corrected chi connectivity index (χ3v) is 5.76. The molecule has 6 heteroatoms. The van der Waals surface area contributed by atoms with E-state index in [-0.39, 0.29) is 41.7 Å². The number of amides is 2. The molecular weight excluding hydrogens is 318 g/mol. The van der Waals surface area contributed by atoms with E-state index in [1.165, 1.54) is 0 Å². The van der Waals surface area contributed by atoms with Crippen LogP contribution in [-0.4, -0.2) is 36.2 Å². The monoisotopic (exact) mass is 347 g/mol. The topological polar surface area (TPSA) is 90.5 Å². The van der Waals surface area contributed by atoms with Gasteiger partial charge in [0.05, 0.1) is 6.04 Å². The molecule has 2 rings (SSSR count). The highest BCUT2D eigenvalue weighted by atomic mass is 16.5. The molecule has 0 heterocycles. The summed E-state index contributed by atoms with van der Waals surface area (Å²) in [5, 5.41) is 15.0. The molecule has 1 aliphatic carbocycles. The molecule has 1 aromatic carbocycles. The molecule has 1 aromatic rings. The Labute approximate surface area is 149 Å².